The maximum atomic E-state index is 4.91. The van der Waals surface area contributed by atoms with E-state index in [9.17, 15) is 0 Å². The van der Waals surface area contributed by atoms with E-state index in [1.165, 1.54) is 6.33 Å². The zero-order valence-electron chi connectivity index (χ0n) is 9.97. The third kappa shape index (κ3) is 2.57. The van der Waals surface area contributed by atoms with Crippen LogP contribution in [0, 0.1) is 0 Å². The number of nitrogens with zero attached hydrogens (tertiary/aromatic N) is 6. The largest absolute Gasteiger partial charge is 0.352 e. The Labute approximate surface area is 108 Å². The SMILES string of the molecule is c1ccc(-n2nnnc2NCCc2ncno2)cc1. The standard InChI is InChI=1S/C11H11N7O/c1-2-4-9(5-3-1)18-11(15-16-17-18)12-7-6-10-13-8-14-19-10/h1-5,8H,6-7H2,(H,12,15,17). The fourth-order valence-electron chi connectivity index (χ4n) is 1.63. The van der Waals surface area contributed by atoms with Gasteiger partial charge in [0.05, 0.1) is 5.69 Å². The predicted octanol–water partition coefficient (Wildman–Crippen LogP) is 0.700. The maximum Gasteiger partial charge on any atom is 0.247 e. The van der Waals surface area contributed by atoms with Gasteiger partial charge in [-0.15, -0.1) is 0 Å². The van der Waals surface area contributed by atoms with Crippen molar-refractivity contribution < 1.29 is 4.52 Å². The minimum atomic E-state index is 0.575. The zero-order valence-corrected chi connectivity index (χ0v) is 9.97. The second-order valence-corrected chi connectivity index (χ2v) is 3.76. The molecular formula is C11H11N7O. The van der Waals surface area contributed by atoms with E-state index in [-0.39, 0.29) is 0 Å². The van der Waals surface area contributed by atoms with E-state index in [0.717, 1.165) is 5.69 Å². The van der Waals surface area contributed by atoms with E-state index in [1.807, 2.05) is 30.3 Å². The van der Waals surface area contributed by atoms with Gasteiger partial charge in [0.25, 0.3) is 0 Å². The Hall–Kier alpha value is -2.77. The normalized spacial score (nSPS) is 10.5. The van der Waals surface area contributed by atoms with Crippen LogP contribution in [0.25, 0.3) is 5.69 Å². The summed E-state index contributed by atoms with van der Waals surface area (Å²) in [5.41, 5.74) is 0.896. The molecule has 0 radical (unpaired) electrons. The van der Waals surface area contributed by atoms with Crippen molar-refractivity contribution in [1.82, 2.24) is 30.3 Å². The summed E-state index contributed by atoms with van der Waals surface area (Å²) in [6.45, 7) is 0.607. The molecule has 96 valence electrons. The number of hydrogen-bond donors (Lipinski definition) is 1. The summed E-state index contributed by atoms with van der Waals surface area (Å²) < 4.78 is 6.54. The van der Waals surface area contributed by atoms with Crippen molar-refractivity contribution in [3.8, 4) is 5.69 Å². The fraction of sp³-hybridized carbons (Fsp3) is 0.182. The molecule has 0 aliphatic heterocycles. The Bertz CT molecular complexity index is 620. The molecule has 1 aromatic carbocycles. The van der Waals surface area contributed by atoms with Gasteiger partial charge in [0.1, 0.15) is 0 Å². The summed E-state index contributed by atoms with van der Waals surface area (Å²) in [5.74, 6) is 1.15. The summed E-state index contributed by atoms with van der Waals surface area (Å²) in [6, 6.07) is 9.66. The van der Waals surface area contributed by atoms with Crippen molar-refractivity contribution in [2.75, 3.05) is 11.9 Å². The van der Waals surface area contributed by atoms with Crippen LogP contribution in [0.5, 0.6) is 0 Å². The third-order valence-electron chi connectivity index (χ3n) is 2.50. The number of tetrazole rings is 1. The molecule has 0 unspecified atom stereocenters. The van der Waals surface area contributed by atoms with Crippen LogP contribution >= 0.6 is 0 Å². The molecule has 0 aliphatic carbocycles. The van der Waals surface area contributed by atoms with Crippen LogP contribution < -0.4 is 5.32 Å². The monoisotopic (exact) mass is 257 g/mol. The highest BCUT2D eigenvalue weighted by Crippen LogP contribution is 2.10. The van der Waals surface area contributed by atoms with Crippen molar-refractivity contribution in [2.45, 2.75) is 6.42 Å². The zero-order chi connectivity index (χ0) is 12.9. The van der Waals surface area contributed by atoms with Gasteiger partial charge in [-0.2, -0.15) is 9.67 Å². The molecule has 2 heterocycles. The van der Waals surface area contributed by atoms with Crippen LogP contribution in [0.1, 0.15) is 5.89 Å². The number of nitrogens with one attached hydrogen (secondary N) is 1. The van der Waals surface area contributed by atoms with Crippen LogP contribution in [0.15, 0.2) is 41.2 Å². The fourth-order valence-corrected chi connectivity index (χ4v) is 1.63. The molecule has 8 heteroatoms. The minimum absolute atomic E-state index is 0.575. The molecule has 8 nitrogen and oxygen atoms in total. The van der Waals surface area contributed by atoms with E-state index in [4.69, 9.17) is 4.52 Å². The molecule has 3 rings (SSSR count). The number of anilines is 1. The van der Waals surface area contributed by atoms with Crippen LogP contribution in [-0.2, 0) is 6.42 Å². The van der Waals surface area contributed by atoms with Crippen molar-refractivity contribution in [3.63, 3.8) is 0 Å². The molecule has 0 spiro atoms. The molecule has 0 aliphatic rings. The van der Waals surface area contributed by atoms with Gasteiger partial charge in [-0.1, -0.05) is 28.5 Å². The van der Waals surface area contributed by atoms with E-state index < -0.39 is 0 Å². The van der Waals surface area contributed by atoms with E-state index in [0.29, 0.717) is 24.8 Å². The predicted molar refractivity (Wildman–Crippen MR) is 65.6 cm³/mol. The second-order valence-electron chi connectivity index (χ2n) is 3.76. The van der Waals surface area contributed by atoms with E-state index in [2.05, 4.69) is 31.0 Å². The Balaban J connectivity index is 1.67. The van der Waals surface area contributed by atoms with Crippen molar-refractivity contribution in [2.24, 2.45) is 0 Å². The number of benzene rings is 1. The van der Waals surface area contributed by atoms with Gasteiger partial charge in [0, 0.05) is 13.0 Å². The van der Waals surface area contributed by atoms with Gasteiger partial charge in [0.15, 0.2) is 6.33 Å². The lowest BCUT2D eigenvalue weighted by molar-refractivity contribution is 0.379. The first kappa shape index (κ1) is 11.3. The Morgan fingerprint density at radius 2 is 2.11 bits per heavy atom. The van der Waals surface area contributed by atoms with Gasteiger partial charge in [-0.25, -0.2) is 0 Å². The summed E-state index contributed by atoms with van der Waals surface area (Å²) in [7, 11) is 0. The van der Waals surface area contributed by atoms with Gasteiger partial charge in [-0.3, -0.25) is 0 Å². The average molecular weight is 257 g/mol. The first-order valence-electron chi connectivity index (χ1n) is 5.77. The quantitative estimate of drug-likeness (QED) is 0.718. The van der Waals surface area contributed by atoms with E-state index >= 15 is 0 Å². The number of aromatic nitrogens is 6. The molecule has 0 fully saturated rings. The maximum absolute atomic E-state index is 4.91. The lowest BCUT2D eigenvalue weighted by Gasteiger charge is -2.05. The Morgan fingerprint density at radius 1 is 1.21 bits per heavy atom. The molecular weight excluding hydrogens is 246 g/mol. The van der Waals surface area contributed by atoms with Crippen molar-refractivity contribution in [1.29, 1.82) is 0 Å². The Kier molecular flexibility index (Phi) is 3.13. The van der Waals surface area contributed by atoms with Gasteiger partial charge < -0.3 is 9.84 Å². The Morgan fingerprint density at radius 3 is 2.89 bits per heavy atom. The van der Waals surface area contributed by atoms with Gasteiger partial charge in [0.2, 0.25) is 11.8 Å². The second kappa shape index (κ2) is 5.25. The highest BCUT2D eigenvalue weighted by atomic mass is 16.5. The minimum Gasteiger partial charge on any atom is -0.352 e. The lowest BCUT2D eigenvalue weighted by Crippen LogP contribution is -2.10. The number of para-hydroxylation sites is 1. The summed E-state index contributed by atoms with van der Waals surface area (Å²) in [6.07, 6.45) is 1.99. The molecule has 0 amide bonds. The first-order chi connectivity index (χ1) is 9.43. The van der Waals surface area contributed by atoms with Crippen LogP contribution in [-0.4, -0.2) is 36.9 Å². The molecule has 1 N–H and O–H groups in total. The van der Waals surface area contributed by atoms with Crippen molar-refractivity contribution >= 4 is 5.95 Å². The first-order valence-corrected chi connectivity index (χ1v) is 5.77. The van der Waals surface area contributed by atoms with Crippen LogP contribution in [0.4, 0.5) is 5.95 Å². The summed E-state index contributed by atoms with van der Waals surface area (Å²) in [5, 5.41) is 18.2. The van der Waals surface area contributed by atoms with Gasteiger partial charge in [-0.05, 0) is 22.6 Å². The summed E-state index contributed by atoms with van der Waals surface area (Å²) in [4.78, 5) is 3.94. The van der Waals surface area contributed by atoms with Crippen LogP contribution in [0.3, 0.4) is 0 Å². The number of rotatable bonds is 5. The highest BCUT2D eigenvalue weighted by Gasteiger charge is 2.07. The molecule has 0 saturated heterocycles. The third-order valence-corrected chi connectivity index (χ3v) is 2.50. The number of hydrogen-bond acceptors (Lipinski definition) is 7. The smallest absolute Gasteiger partial charge is 0.247 e. The van der Waals surface area contributed by atoms with Gasteiger partial charge >= 0.3 is 0 Å². The molecule has 2 aromatic heterocycles. The molecule has 0 bridgehead atoms. The average Bonchev–Trinajstić information content (AvgIpc) is 3.11. The molecule has 0 saturated carbocycles. The summed E-state index contributed by atoms with van der Waals surface area (Å²) >= 11 is 0. The van der Waals surface area contributed by atoms with Crippen molar-refractivity contribution in [3.05, 3.63) is 42.5 Å². The highest BCUT2D eigenvalue weighted by molar-refractivity contribution is 5.38. The molecule has 0 atom stereocenters. The van der Waals surface area contributed by atoms with Crippen LogP contribution in [0.2, 0.25) is 0 Å². The molecule has 19 heavy (non-hydrogen) atoms. The topological polar surface area (TPSA) is 94.6 Å². The lowest BCUT2D eigenvalue weighted by atomic mass is 10.3. The molecule has 3 aromatic rings. The van der Waals surface area contributed by atoms with E-state index in [1.54, 1.807) is 4.68 Å².